The highest BCUT2D eigenvalue weighted by atomic mass is 127. The second-order valence-corrected chi connectivity index (χ2v) is 6.56. The monoisotopic (exact) mass is 428 g/mol. The van der Waals surface area contributed by atoms with Crippen LogP contribution in [-0.4, -0.2) is 48.5 Å². The van der Waals surface area contributed by atoms with Gasteiger partial charge in [-0.25, -0.2) is 0 Å². The number of nitrogens with zero attached hydrogens (tertiary/aromatic N) is 3. The second kappa shape index (κ2) is 8.87. The predicted octanol–water partition coefficient (Wildman–Crippen LogP) is 3.07. The minimum Gasteiger partial charge on any atom is -0.352 e. The maximum Gasteiger partial charge on any atom is 0.194 e. The molecule has 128 valence electrons. The molecule has 0 aromatic heterocycles. The number of benzene rings is 1. The third-order valence-electron chi connectivity index (χ3n) is 4.93. The summed E-state index contributed by atoms with van der Waals surface area (Å²) in [6.07, 6.45) is 4.06. The van der Waals surface area contributed by atoms with Crippen LogP contribution in [-0.2, 0) is 13.1 Å². The van der Waals surface area contributed by atoms with Crippen LogP contribution in [0.3, 0.4) is 0 Å². The average Bonchev–Trinajstić information content (AvgIpc) is 2.94. The maximum atomic E-state index is 4.51. The molecule has 4 nitrogen and oxygen atoms in total. The lowest BCUT2D eigenvalue weighted by Gasteiger charge is -2.33. The zero-order chi connectivity index (χ0) is 15.4. The van der Waals surface area contributed by atoms with E-state index in [1.807, 2.05) is 0 Å². The molecule has 0 saturated carbocycles. The molecule has 0 radical (unpaired) electrons. The van der Waals surface area contributed by atoms with Gasteiger partial charge in [-0.1, -0.05) is 30.7 Å². The second-order valence-electron chi connectivity index (χ2n) is 6.56. The number of hydrogen-bond acceptors (Lipinski definition) is 4. The van der Waals surface area contributed by atoms with Crippen LogP contribution >= 0.6 is 24.0 Å². The number of likely N-dealkylation sites (N-methyl/N-ethyl adjacent to an activating group) is 1. The van der Waals surface area contributed by atoms with Crippen LogP contribution in [0.15, 0.2) is 29.3 Å². The van der Waals surface area contributed by atoms with Crippen LogP contribution in [0.1, 0.15) is 37.3 Å². The number of aliphatic imine (C=N–C) groups is 1. The van der Waals surface area contributed by atoms with E-state index < -0.39 is 0 Å². The van der Waals surface area contributed by atoms with E-state index in [0.29, 0.717) is 6.04 Å². The normalized spacial score (nSPS) is 21.7. The van der Waals surface area contributed by atoms with E-state index in [4.69, 9.17) is 0 Å². The van der Waals surface area contributed by atoms with Crippen molar-refractivity contribution in [2.75, 3.05) is 26.7 Å². The van der Waals surface area contributed by atoms with Gasteiger partial charge < -0.3 is 10.2 Å². The first-order valence-corrected chi connectivity index (χ1v) is 8.54. The number of likely N-dealkylation sites (tertiary alicyclic amines) is 1. The molecule has 2 aliphatic rings. The van der Waals surface area contributed by atoms with E-state index in [9.17, 15) is 0 Å². The van der Waals surface area contributed by atoms with Crippen molar-refractivity contribution in [1.29, 1.82) is 0 Å². The van der Waals surface area contributed by atoms with Crippen molar-refractivity contribution in [3.63, 3.8) is 0 Å². The summed E-state index contributed by atoms with van der Waals surface area (Å²) in [5, 5.41) is 3.49. The molecule has 0 amide bonds. The van der Waals surface area contributed by atoms with Crippen molar-refractivity contribution in [3.8, 4) is 0 Å². The molecule has 23 heavy (non-hydrogen) atoms. The van der Waals surface area contributed by atoms with E-state index in [1.165, 1.54) is 36.9 Å². The van der Waals surface area contributed by atoms with Crippen LogP contribution in [0, 0.1) is 0 Å². The zero-order valence-corrected chi connectivity index (χ0v) is 16.6. The fourth-order valence-corrected chi connectivity index (χ4v) is 3.39. The highest BCUT2D eigenvalue weighted by Gasteiger charge is 2.19. The van der Waals surface area contributed by atoms with Crippen LogP contribution in [0.25, 0.3) is 0 Å². The minimum absolute atomic E-state index is 0. The van der Waals surface area contributed by atoms with Gasteiger partial charge in [-0.15, -0.1) is 24.0 Å². The van der Waals surface area contributed by atoms with Crippen molar-refractivity contribution >= 4 is 29.9 Å². The van der Waals surface area contributed by atoms with Crippen molar-refractivity contribution in [2.45, 2.75) is 45.3 Å². The molecular weight excluding hydrogens is 399 g/mol. The molecule has 5 heteroatoms. The number of piperidine rings is 1. The Kier molecular flexibility index (Phi) is 7.14. The SMILES string of the molecule is CC1CCCCN1Cc1ccccc1CNC1=NCCN1C.I. The molecule has 0 bridgehead atoms. The summed E-state index contributed by atoms with van der Waals surface area (Å²) in [7, 11) is 2.10. The first-order chi connectivity index (χ1) is 10.7. The lowest BCUT2D eigenvalue weighted by molar-refractivity contribution is 0.152. The maximum absolute atomic E-state index is 4.51. The fourth-order valence-electron chi connectivity index (χ4n) is 3.39. The lowest BCUT2D eigenvalue weighted by atomic mass is 10.0. The molecule has 1 aromatic rings. The summed E-state index contributed by atoms with van der Waals surface area (Å²) in [6.45, 7) is 7.46. The highest BCUT2D eigenvalue weighted by molar-refractivity contribution is 14.0. The molecule has 0 aliphatic carbocycles. The Bertz CT molecular complexity index is 532. The van der Waals surface area contributed by atoms with Crippen molar-refractivity contribution in [1.82, 2.24) is 15.1 Å². The van der Waals surface area contributed by atoms with Gasteiger partial charge in [0.25, 0.3) is 0 Å². The molecule has 2 heterocycles. The Morgan fingerprint density at radius 1 is 1.17 bits per heavy atom. The van der Waals surface area contributed by atoms with E-state index in [0.717, 1.165) is 32.1 Å². The molecule has 0 spiro atoms. The fraction of sp³-hybridized carbons (Fsp3) is 0.611. The Morgan fingerprint density at radius 2 is 1.96 bits per heavy atom. The van der Waals surface area contributed by atoms with Crippen LogP contribution < -0.4 is 5.32 Å². The minimum atomic E-state index is 0. The molecule has 1 unspecified atom stereocenters. The third kappa shape index (κ3) is 4.83. The number of halogens is 1. The van der Waals surface area contributed by atoms with Gasteiger partial charge in [0.1, 0.15) is 0 Å². The van der Waals surface area contributed by atoms with Gasteiger partial charge in [0.05, 0.1) is 6.54 Å². The molecule has 1 saturated heterocycles. The number of hydrogen-bond donors (Lipinski definition) is 1. The van der Waals surface area contributed by atoms with Gasteiger partial charge in [-0.3, -0.25) is 9.89 Å². The third-order valence-corrected chi connectivity index (χ3v) is 4.93. The molecule has 1 aromatic carbocycles. The van der Waals surface area contributed by atoms with Crippen LogP contribution in [0.5, 0.6) is 0 Å². The van der Waals surface area contributed by atoms with E-state index >= 15 is 0 Å². The Hall–Kier alpha value is -0.820. The summed E-state index contributed by atoms with van der Waals surface area (Å²) < 4.78 is 0. The smallest absolute Gasteiger partial charge is 0.194 e. The quantitative estimate of drug-likeness (QED) is 0.748. The Morgan fingerprint density at radius 3 is 2.65 bits per heavy atom. The highest BCUT2D eigenvalue weighted by Crippen LogP contribution is 2.20. The summed E-state index contributed by atoms with van der Waals surface area (Å²) >= 11 is 0. The largest absolute Gasteiger partial charge is 0.352 e. The summed E-state index contributed by atoms with van der Waals surface area (Å²) in [6, 6.07) is 9.53. The standard InChI is InChI=1S/C18H28N4.HI/c1-15-7-5-6-11-22(15)14-17-9-4-3-8-16(17)13-20-18-19-10-12-21(18)2;/h3-4,8-9,15H,5-7,10-14H2,1-2H3,(H,19,20);1H. The van der Waals surface area contributed by atoms with Gasteiger partial charge in [0.2, 0.25) is 0 Å². The molecular formula is C18H29IN4. The van der Waals surface area contributed by atoms with Gasteiger partial charge in [0, 0.05) is 32.7 Å². The van der Waals surface area contributed by atoms with Crippen molar-refractivity contribution in [2.24, 2.45) is 4.99 Å². The first kappa shape index (κ1) is 18.5. The summed E-state index contributed by atoms with van der Waals surface area (Å²) in [5.74, 6) is 1.03. The Balaban J connectivity index is 0.00000192. The van der Waals surface area contributed by atoms with Crippen LogP contribution in [0.4, 0.5) is 0 Å². The van der Waals surface area contributed by atoms with E-state index in [1.54, 1.807) is 0 Å². The summed E-state index contributed by atoms with van der Waals surface area (Å²) in [4.78, 5) is 9.33. The van der Waals surface area contributed by atoms with Gasteiger partial charge >= 0.3 is 0 Å². The van der Waals surface area contributed by atoms with Crippen molar-refractivity contribution < 1.29 is 0 Å². The topological polar surface area (TPSA) is 30.9 Å². The average molecular weight is 428 g/mol. The number of guanidine groups is 1. The molecule has 3 rings (SSSR count). The summed E-state index contributed by atoms with van der Waals surface area (Å²) in [5.41, 5.74) is 2.84. The molecule has 1 fully saturated rings. The Labute approximate surface area is 157 Å². The van der Waals surface area contributed by atoms with Crippen LogP contribution in [0.2, 0.25) is 0 Å². The number of rotatable bonds is 4. The van der Waals surface area contributed by atoms with Gasteiger partial charge in [-0.2, -0.15) is 0 Å². The van der Waals surface area contributed by atoms with Gasteiger partial charge in [-0.05, 0) is 37.4 Å². The van der Waals surface area contributed by atoms with E-state index in [2.05, 4.69) is 58.3 Å². The number of nitrogens with one attached hydrogen (secondary N) is 1. The molecule has 1 atom stereocenters. The van der Waals surface area contributed by atoms with E-state index in [-0.39, 0.29) is 24.0 Å². The van der Waals surface area contributed by atoms with Gasteiger partial charge in [0.15, 0.2) is 5.96 Å². The zero-order valence-electron chi connectivity index (χ0n) is 14.3. The molecule has 2 aliphatic heterocycles. The lowest BCUT2D eigenvalue weighted by Crippen LogP contribution is -2.37. The predicted molar refractivity (Wildman–Crippen MR) is 107 cm³/mol. The first-order valence-electron chi connectivity index (χ1n) is 8.54. The van der Waals surface area contributed by atoms with Crippen molar-refractivity contribution in [3.05, 3.63) is 35.4 Å². The molecule has 1 N–H and O–H groups in total.